The highest BCUT2D eigenvalue weighted by Crippen LogP contribution is 2.43. The Morgan fingerprint density at radius 3 is 2.82 bits per heavy atom. The molecule has 0 amide bonds. The molecule has 1 aliphatic heterocycles. The van der Waals surface area contributed by atoms with Gasteiger partial charge in [-0.25, -0.2) is 0 Å². The lowest BCUT2D eigenvalue weighted by molar-refractivity contribution is -0.0354. The molecule has 1 saturated carbocycles. The second kappa shape index (κ2) is 6.17. The fraction of sp³-hybridized carbons (Fsp3) is 1.00. The minimum Gasteiger partial charge on any atom is -0.384 e. The fourth-order valence-electron chi connectivity index (χ4n) is 3.26. The number of nitrogens with one attached hydrogen (secondary N) is 1. The predicted molar refractivity (Wildman–Crippen MR) is 69.2 cm³/mol. The normalized spacial score (nSPS) is 28.9. The van der Waals surface area contributed by atoms with E-state index in [2.05, 4.69) is 12.2 Å². The molecule has 1 saturated heterocycles. The van der Waals surface area contributed by atoms with Crippen LogP contribution in [0, 0.1) is 5.92 Å². The van der Waals surface area contributed by atoms with Gasteiger partial charge in [0, 0.05) is 20.3 Å². The van der Waals surface area contributed by atoms with Crippen molar-refractivity contribution in [2.24, 2.45) is 5.92 Å². The van der Waals surface area contributed by atoms with Crippen LogP contribution in [0.25, 0.3) is 0 Å². The lowest BCUT2D eigenvalue weighted by atomic mass is 9.98. The SMILES string of the molecule is COCC(C)CNCC1CCC2(CCCC2)O1. The highest BCUT2D eigenvalue weighted by atomic mass is 16.5. The molecule has 1 aliphatic carbocycles. The first-order chi connectivity index (χ1) is 8.24. The van der Waals surface area contributed by atoms with Crippen LogP contribution in [0.3, 0.4) is 0 Å². The van der Waals surface area contributed by atoms with Crippen molar-refractivity contribution in [2.75, 3.05) is 26.8 Å². The summed E-state index contributed by atoms with van der Waals surface area (Å²) >= 11 is 0. The molecule has 100 valence electrons. The molecule has 1 spiro atoms. The van der Waals surface area contributed by atoms with Gasteiger partial charge >= 0.3 is 0 Å². The summed E-state index contributed by atoms with van der Waals surface area (Å²) in [6.07, 6.45) is 8.30. The summed E-state index contributed by atoms with van der Waals surface area (Å²) in [6.45, 7) is 5.09. The van der Waals surface area contributed by atoms with E-state index in [0.29, 0.717) is 12.0 Å². The van der Waals surface area contributed by atoms with E-state index in [0.717, 1.165) is 19.7 Å². The van der Waals surface area contributed by atoms with Crippen LogP contribution >= 0.6 is 0 Å². The first-order valence-corrected chi connectivity index (χ1v) is 7.11. The van der Waals surface area contributed by atoms with E-state index in [1.807, 2.05) is 0 Å². The van der Waals surface area contributed by atoms with Gasteiger partial charge in [0.2, 0.25) is 0 Å². The molecule has 3 nitrogen and oxygen atoms in total. The van der Waals surface area contributed by atoms with Crippen LogP contribution < -0.4 is 5.32 Å². The van der Waals surface area contributed by atoms with Gasteiger partial charge in [-0.15, -0.1) is 0 Å². The van der Waals surface area contributed by atoms with E-state index in [1.165, 1.54) is 38.5 Å². The van der Waals surface area contributed by atoms with Gasteiger partial charge in [-0.3, -0.25) is 0 Å². The molecule has 3 heteroatoms. The maximum Gasteiger partial charge on any atom is 0.0708 e. The summed E-state index contributed by atoms with van der Waals surface area (Å²) in [5.74, 6) is 0.585. The molecule has 2 atom stereocenters. The summed E-state index contributed by atoms with van der Waals surface area (Å²) in [6, 6.07) is 0. The number of hydrogen-bond donors (Lipinski definition) is 1. The van der Waals surface area contributed by atoms with Crippen molar-refractivity contribution in [1.29, 1.82) is 0 Å². The maximum atomic E-state index is 6.26. The van der Waals surface area contributed by atoms with Gasteiger partial charge in [0.25, 0.3) is 0 Å². The Bertz CT molecular complexity index is 226. The van der Waals surface area contributed by atoms with E-state index >= 15 is 0 Å². The summed E-state index contributed by atoms with van der Waals surface area (Å²) in [7, 11) is 1.76. The van der Waals surface area contributed by atoms with Gasteiger partial charge in [0.1, 0.15) is 0 Å². The Labute approximate surface area is 105 Å². The van der Waals surface area contributed by atoms with Gasteiger partial charge < -0.3 is 14.8 Å². The standard InChI is InChI=1S/C14H27NO2/c1-12(11-16-2)9-15-10-13-5-8-14(17-13)6-3-4-7-14/h12-13,15H,3-11H2,1-2H3. The zero-order valence-corrected chi connectivity index (χ0v) is 11.3. The van der Waals surface area contributed by atoms with E-state index < -0.39 is 0 Å². The largest absolute Gasteiger partial charge is 0.384 e. The molecule has 0 radical (unpaired) electrons. The number of ether oxygens (including phenoxy) is 2. The first-order valence-electron chi connectivity index (χ1n) is 7.11. The predicted octanol–water partition coefficient (Wildman–Crippen LogP) is 2.35. The van der Waals surface area contributed by atoms with Crippen molar-refractivity contribution in [3.05, 3.63) is 0 Å². The van der Waals surface area contributed by atoms with Crippen LogP contribution in [0.4, 0.5) is 0 Å². The third kappa shape index (κ3) is 3.67. The third-order valence-electron chi connectivity index (χ3n) is 4.17. The summed E-state index contributed by atoms with van der Waals surface area (Å²) in [4.78, 5) is 0. The van der Waals surface area contributed by atoms with Crippen LogP contribution in [-0.4, -0.2) is 38.5 Å². The van der Waals surface area contributed by atoms with Crippen LogP contribution in [-0.2, 0) is 9.47 Å². The zero-order valence-electron chi connectivity index (χ0n) is 11.3. The topological polar surface area (TPSA) is 30.5 Å². The maximum absolute atomic E-state index is 6.26. The molecule has 1 N–H and O–H groups in total. The van der Waals surface area contributed by atoms with Crippen molar-refractivity contribution in [2.45, 2.75) is 57.2 Å². The summed E-state index contributed by atoms with van der Waals surface area (Å²) in [5.41, 5.74) is 0.282. The summed E-state index contributed by atoms with van der Waals surface area (Å²) < 4.78 is 11.4. The van der Waals surface area contributed by atoms with E-state index in [1.54, 1.807) is 7.11 Å². The van der Waals surface area contributed by atoms with E-state index in [-0.39, 0.29) is 5.60 Å². The van der Waals surface area contributed by atoms with Crippen molar-refractivity contribution in [1.82, 2.24) is 5.32 Å². The lowest BCUT2D eigenvalue weighted by Gasteiger charge is -2.24. The minimum absolute atomic E-state index is 0.282. The molecule has 17 heavy (non-hydrogen) atoms. The monoisotopic (exact) mass is 241 g/mol. The molecule has 2 unspecified atom stereocenters. The Morgan fingerprint density at radius 2 is 2.12 bits per heavy atom. The van der Waals surface area contributed by atoms with Gasteiger partial charge in [0.05, 0.1) is 11.7 Å². The molecular formula is C14H27NO2. The highest BCUT2D eigenvalue weighted by Gasteiger charge is 2.41. The van der Waals surface area contributed by atoms with Crippen LogP contribution in [0.5, 0.6) is 0 Å². The minimum atomic E-state index is 0.282. The Kier molecular flexibility index (Phi) is 4.83. The van der Waals surface area contributed by atoms with E-state index in [4.69, 9.17) is 9.47 Å². The lowest BCUT2D eigenvalue weighted by Crippen LogP contribution is -2.33. The Morgan fingerprint density at radius 1 is 1.35 bits per heavy atom. The molecule has 2 aliphatic rings. The molecular weight excluding hydrogens is 214 g/mol. The van der Waals surface area contributed by atoms with Gasteiger partial charge in [-0.05, 0) is 38.1 Å². The van der Waals surface area contributed by atoms with Crippen molar-refractivity contribution in [3.63, 3.8) is 0 Å². The number of rotatable bonds is 6. The van der Waals surface area contributed by atoms with Crippen LogP contribution in [0.2, 0.25) is 0 Å². The van der Waals surface area contributed by atoms with Crippen molar-refractivity contribution < 1.29 is 9.47 Å². The number of methoxy groups -OCH3 is 1. The van der Waals surface area contributed by atoms with Crippen molar-refractivity contribution >= 4 is 0 Å². The molecule has 1 heterocycles. The van der Waals surface area contributed by atoms with E-state index in [9.17, 15) is 0 Å². The first kappa shape index (κ1) is 13.3. The average Bonchev–Trinajstić information content (AvgIpc) is 2.91. The quantitative estimate of drug-likeness (QED) is 0.774. The molecule has 0 aromatic heterocycles. The fourth-order valence-corrected chi connectivity index (χ4v) is 3.26. The zero-order chi connectivity index (χ0) is 12.1. The van der Waals surface area contributed by atoms with Crippen LogP contribution in [0.1, 0.15) is 45.4 Å². The second-order valence-electron chi connectivity index (χ2n) is 5.89. The third-order valence-corrected chi connectivity index (χ3v) is 4.17. The molecule has 0 aromatic carbocycles. The second-order valence-corrected chi connectivity index (χ2v) is 5.89. The highest BCUT2D eigenvalue weighted by molar-refractivity contribution is 4.93. The van der Waals surface area contributed by atoms with Crippen LogP contribution in [0.15, 0.2) is 0 Å². The molecule has 2 rings (SSSR count). The smallest absolute Gasteiger partial charge is 0.0708 e. The van der Waals surface area contributed by atoms with Crippen molar-refractivity contribution in [3.8, 4) is 0 Å². The number of hydrogen-bond acceptors (Lipinski definition) is 3. The molecule has 0 bridgehead atoms. The van der Waals surface area contributed by atoms with Gasteiger partial charge in [0.15, 0.2) is 0 Å². The Balaban J connectivity index is 1.61. The molecule has 0 aromatic rings. The van der Waals surface area contributed by atoms with Gasteiger partial charge in [-0.2, -0.15) is 0 Å². The average molecular weight is 241 g/mol. The molecule has 2 fully saturated rings. The van der Waals surface area contributed by atoms with Gasteiger partial charge in [-0.1, -0.05) is 19.8 Å². The summed E-state index contributed by atoms with van der Waals surface area (Å²) in [5, 5.41) is 3.51. The Hall–Kier alpha value is -0.120.